The standard InChI is InChI=1S/C18H21N5O4S/c1-28(26,27)14-4-2-13(3-5-14)23-16-15(10-21-23)17(24)22(12-20-16)11-18(25)6-8-19-9-7-18/h2-5,10,12,19,25H,6-9,11H2,1H3. The van der Waals surface area contributed by atoms with E-state index in [0.29, 0.717) is 42.7 Å². The van der Waals surface area contributed by atoms with Crippen molar-refractivity contribution in [2.45, 2.75) is 29.9 Å². The lowest BCUT2D eigenvalue weighted by Gasteiger charge is -2.32. The maximum atomic E-state index is 12.8. The van der Waals surface area contributed by atoms with Crippen LogP contribution in [0.4, 0.5) is 0 Å². The molecule has 0 atom stereocenters. The summed E-state index contributed by atoms with van der Waals surface area (Å²) in [5.74, 6) is 0. The molecule has 148 valence electrons. The molecule has 0 aliphatic carbocycles. The van der Waals surface area contributed by atoms with Crippen LogP contribution in [0.1, 0.15) is 12.8 Å². The lowest BCUT2D eigenvalue weighted by molar-refractivity contribution is -0.00628. The van der Waals surface area contributed by atoms with Crippen molar-refractivity contribution in [1.29, 1.82) is 0 Å². The smallest absolute Gasteiger partial charge is 0.264 e. The van der Waals surface area contributed by atoms with Gasteiger partial charge in [-0.25, -0.2) is 18.1 Å². The van der Waals surface area contributed by atoms with E-state index >= 15 is 0 Å². The Labute approximate surface area is 161 Å². The number of hydrogen-bond acceptors (Lipinski definition) is 7. The van der Waals surface area contributed by atoms with Gasteiger partial charge in [-0.2, -0.15) is 5.10 Å². The maximum absolute atomic E-state index is 12.8. The molecule has 3 heterocycles. The fourth-order valence-electron chi connectivity index (χ4n) is 3.45. The zero-order chi connectivity index (χ0) is 19.9. The molecule has 1 fully saturated rings. The number of aliphatic hydroxyl groups is 1. The fourth-order valence-corrected chi connectivity index (χ4v) is 4.08. The third kappa shape index (κ3) is 3.46. The second kappa shape index (κ2) is 6.80. The number of nitrogens with one attached hydrogen (secondary N) is 1. The second-order valence-electron chi connectivity index (χ2n) is 7.21. The van der Waals surface area contributed by atoms with E-state index in [1.54, 1.807) is 12.1 Å². The number of aromatic nitrogens is 4. The SMILES string of the molecule is CS(=O)(=O)c1ccc(-n2ncc3c(=O)n(CC4(O)CCNCC4)cnc32)cc1. The first-order chi connectivity index (χ1) is 13.3. The first-order valence-electron chi connectivity index (χ1n) is 8.94. The minimum absolute atomic E-state index is 0.185. The highest BCUT2D eigenvalue weighted by atomic mass is 32.2. The van der Waals surface area contributed by atoms with E-state index in [9.17, 15) is 18.3 Å². The van der Waals surface area contributed by atoms with Crippen molar-refractivity contribution < 1.29 is 13.5 Å². The Balaban J connectivity index is 1.70. The average molecular weight is 403 g/mol. The number of sulfone groups is 1. The summed E-state index contributed by atoms with van der Waals surface area (Å²) in [6.45, 7) is 1.61. The van der Waals surface area contributed by atoms with Gasteiger partial charge in [0, 0.05) is 6.26 Å². The van der Waals surface area contributed by atoms with Gasteiger partial charge in [0.2, 0.25) is 0 Å². The third-order valence-corrected chi connectivity index (χ3v) is 6.19. The summed E-state index contributed by atoms with van der Waals surface area (Å²) in [6.07, 6.45) is 5.16. The molecule has 4 rings (SSSR count). The van der Waals surface area contributed by atoms with Crippen molar-refractivity contribution in [3.05, 3.63) is 47.1 Å². The first kappa shape index (κ1) is 18.8. The summed E-state index contributed by atoms with van der Waals surface area (Å²) in [6, 6.07) is 6.22. The summed E-state index contributed by atoms with van der Waals surface area (Å²) < 4.78 is 26.1. The Hall–Kier alpha value is -2.56. The third-order valence-electron chi connectivity index (χ3n) is 5.06. The fraction of sp³-hybridized carbons (Fsp3) is 0.389. The Morgan fingerprint density at radius 1 is 1.21 bits per heavy atom. The Kier molecular flexibility index (Phi) is 4.56. The molecule has 1 aromatic carbocycles. The van der Waals surface area contributed by atoms with Gasteiger partial charge in [0.25, 0.3) is 5.56 Å². The molecule has 1 aliphatic heterocycles. The normalized spacial score (nSPS) is 17.1. The summed E-state index contributed by atoms with van der Waals surface area (Å²) in [5, 5.41) is 18.5. The van der Waals surface area contributed by atoms with Gasteiger partial charge >= 0.3 is 0 Å². The highest BCUT2D eigenvalue weighted by molar-refractivity contribution is 7.90. The van der Waals surface area contributed by atoms with E-state index in [1.165, 1.54) is 33.9 Å². The van der Waals surface area contributed by atoms with Crippen molar-refractivity contribution in [1.82, 2.24) is 24.6 Å². The zero-order valence-electron chi connectivity index (χ0n) is 15.4. The molecule has 10 heteroatoms. The molecule has 0 saturated carbocycles. The van der Waals surface area contributed by atoms with Gasteiger partial charge in [-0.1, -0.05) is 0 Å². The predicted molar refractivity (Wildman–Crippen MR) is 103 cm³/mol. The molecule has 1 saturated heterocycles. The van der Waals surface area contributed by atoms with E-state index in [4.69, 9.17) is 0 Å². The number of benzene rings is 1. The zero-order valence-corrected chi connectivity index (χ0v) is 16.2. The summed E-state index contributed by atoms with van der Waals surface area (Å²) >= 11 is 0. The topological polar surface area (TPSA) is 119 Å². The number of fused-ring (bicyclic) bond motifs is 1. The van der Waals surface area contributed by atoms with Crippen LogP contribution in [0.25, 0.3) is 16.7 Å². The lowest BCUT2D eigenvalue weighted by Crippen LogP contribution is -2.46. The Bertz CT molecular complexity index is 1170. The van der Waals surface area contributed by atoms with Crippen LogP contribution in [0, 0.1) is 0 Å². The highest BCUT2D eigenvalue weighted by Gasteiger charge is 2.30. The van der Waals surface area contributed by atoms with E-state index < -0.39 is 15.4 Å². The molecule has 9 nitrogen and oxygen atoms in total. The summed E-state index contributed by atoms with van der Waals surface area (Å²) in [4.78, 5) is 17.4. The number of piperidine rings is 1. The van der Waals surface area contributed by atoms with Crippen LogP contribution in [0.3, 0.4) is 0 Å². The molecular formula is C18H21N5O4S. The van der Waals surface area contributed by atoms with E-state index in [0.717, 1.165) is 6.26 Å². The van der Waals surface area contributed by atoms with Crippen molar-refractivity contribution in [2.24, 2.45) is 0 Å². The molecule has 28 heavy (non-hydrogen) atoms. The van der Waals surface area contributed by atoms with Gasteiger partial charge in [-0.05, 0) is 50.2 Å². The van der Waals surface area contributed by atoms with Crippen molar-refractivity contribution in [3.63, 3.8) is 0 Å². The quantitative estimate of drug-likeness (QED) is 0.634. The largest absolute Gasteiger partial charge is 0.388 e. The first-order valence-corrected chi connectivity index (χ1v) is 10.8. The van der Waals surface area contributed by atoms with Crippen molar-refractivity contribution in [3.8, 4) is 5.69 Å². The minimum Gasteiger partial charge on any atom is -0.388 e. The van der Waals surface area contributed by atoms with Crippen LogP contribution in [0.2, 0.25) is 0 Å². The lowest BCUT2D eigenvalue weighted by atomic mass is 9.92. The van der Waals surface area contributed by atoms with Crippen LogP contribution in [0.15, 0.2) is 46.5 Å². The molecule has 2 aromatic heterocycles. The van der Waals surface area contributed by atoms with Crippen molar-refractivity contribution >= 4 is 20.9 Å². The van der Waals surface area contributed by atoms with E-state index in [2.05, 4.69) is 15.4 Å². The van der Waals surface area contributed by atoms with Crippen LogP contribution < -0.4 is 10.9 Å². The predicted octanol–water partition coefficient (Wildman–Crippen LogP) is 0.100. The van der Waals surface area contributed by atoms with Gasteiger partial charge in [-0.15, -0.1) is 0 Å². The number of hydrogen-bond donors (Lipinski definition) is 2. The van der Waals surface area contributed by atoms with Crippen LogP contribution >= 0.6 is 0 Å². The van der Waals surface area contributed by atoms with Crippen LogP contribution in [0.5, 0.6) is 0 Å². The average Bonchev–Trinajstić information content (AvgIpc) is 3.09. The van der Waals surface area contributed by atoms with E-state index in [1.807, 2.05) is 0 Å². The molecule has 3 aromatic rings. The van der Waals surface area contributed by atoms with Gasteiger partial charge < -0.3 is 10.4 Å². The molecule has 0 amide bonds. The summed E-state index contributed by atoms with van der Waals surface area (Å²) in [7, 11) is -3.29. The minimum atomic E-state index is -3.29. The highest BCUT2D eigenvalue weighted by Crippen LogP contribution is 2.21. The van der Waals surface area contributed by atoms with Crippen LogP contribution in [-0.4, -0.2) is 57.8 Å². The molecule has 0 radical (unpaired) electrons. The van der Waals surface area contributed by atoms with Crippen molar-refractivity contribution in [2.75, 3.05) is 19.3 Å². The second-order valence-corrected chi connectivity index (χ2v) is 9.23. The maximum Gasteiger partial charge on any atom is 0.264 e. The molecule has 1 aliphatic rings. The monoisotopic (exact) mass is 403 g/mol. The van der Waals surface area contributed by atoms with Crippen LogP contribution in [-0.2, 0) is 16.4 Å². The number of nitrogens with zero attached hydrogens (tertiary/aromatic N) is 4. The van der Waals surface area contributed by atoms with E-state index in [-0.39, 0.29) is 17.0 Å². The Morgan fingerprint density at radius 2 is 1.89 bits per heavy atom. The Morgan fingerprint density at radius 3 is 2.54 bits per heavy atom. The summed E-state index contributed by atoms with van der Waals surface area (Å²) in [5.41, 5.74) is -0.215. The van der Waals surface area contributed by atoms with Gasteiger partial charge in [0.15, 0.2) is 15.5 Å². The molecule has 0 bridgehead atoms. The van der Waals surface area contributed by atoms with Gasteiger partial charge in [0.1, 0.15) is 11.7 Å². The molecule has 2 N–H and O–H groups in total. The van der Waals surface area contributed by atoms with Gasteiger partial charge in [-0.3, -0.25) is 9.36 Å². The number of rotatable bonds is 4. The molecule has 0 spiro atoms. The van der Waals surface area contributed by atoms with Gasteiger partial charge in [0.05, 0.1) is 28.9 Å². The molecular weight excluding hydrogens is 382 g/mol. The molecule has 0 unspecified atom stereocenters.